The first-order valence-electron chi connectivity index (χ1n) is 12.4. The summed E-state index contributed by atoms with van der Waals surface area (Å²) in [5.74, 6) is 1.81. The predicted octanol–water partition coefficient (Wildman–Crippen LogP) is 3.32. The summed E-state index contributed by atoms with van der Waals surface area (Å²) in [6, 6.07) is 17.7. The lowest BCUT2D eigenvalue weighted by atomic mass is 9.93. The maximum atomic E-state index is 13.9. The Morgan fingerprint density at radius 1 is 1.13 bits per heavy atom. The van der Waals surface area contributed by atoms with Crippen LogP contribution >= 0.6 is 11.3 Å². The zero-order valence-electron chi connectivity index (χ0n) is 21.5. The number of benzene rings is 2. The van der Waals surface area contributed by atoms with Gasteiger partial charge >= 0.3 is 5.97 Å². The highest BCUT2D eigenvalue weighted by atomic mass is 32.1. The second-order valence-electron chi connectivity index (χ2n) is 9.11. The molecular weight excluding hydrogens is 518 g/mol. The maximum absolute atomic E-state index is 13.9. The largest absolute Gasteiger partial charge is 0.463 e. The number of aromatic nitrogens is 1. The van der Waals surface area contributed by atoms with E-state index in [-0.39, 0.29) is 24.5 Å². The number of thiazole rings is 1. The van der Waals surface area contributed by atoms with E-state index in [1.54, 1.807) is 29.7 Å². The third-order valence-electron chi connectivity index (χ3n) is 6.41. The molecular formula is C29H25N3O6S. The van der Waals surface area contributed by atoms with Crippen LogP contribution in [-0.2, 0) is 9.53 Å². The van der Waals surface area contributed by atoms with Crippen LogP contribution in [0.5, 0.6) is 11.5 Å². The number of carbonyl (C=O) groups is 1. The van der Waals surface area contributed by atoms with Crippen LogP contribution in [0.15, 0.2) is 80.4 Å². The van der Waals surface area contributed by atoms with E-state index in [0.717, 1.165) is 5.56 Å². The number of esters is 1. The Bertz CT molecular complexity index is 1780. The van der Waals surface area contributed by atoms with Crippen molar-refractivity contribution in [3.63, 3.8) is 0 Å². The van der Waals surface area contributed by atoms with Gasteiger partial charge in [-0.15, -0.1) is 0 Å². The van der Waals surface area contributed by atoms with Crippen LogP contribution in [0, 0.1) is 0 Å². The molecule has 10 heteroatoms. The topological polar surface area (TPSA) is 95.5 Å². The molecule has 9 nitrogen and oxygen atoms in total. The van der Waals surface area contributed by atoms with Gasteiger partial charge in [-0.25, -0.2) is 9.79 Å². The first kappa shape index (κ1) is 24.7. The standard InChI is InChI=1S/C29H25N3O6S/c1-4-35-28(34)24-25(17-8-6-5-7-9-17)30-29-32(26(24)18-10-12-20-21(14-18)37-16-36-20)27(33)22(39-29)15-19-11-13-23(38-19)31(2)3/h5-15,26H,4,16H2,1-3H3/t26-/m1/s1. The molecule has 2 aromatic carbocycles. The van der Waals surface area contributed by atoms with Gasteiger partial charge in [0.2, 0.25) is 6.79 Å². The summed E-state index contributed by atoms with van der Waals surface area (Å²) in [6.07, 6.45) is 1.70. The molecule has 4 heterocycles. The minimum atomic E-state index is -0.805. The lowest BCUT2D eigenvalue weighted by Crippen LogP contribution is -2.40. The van der Waals surface area contributed by atoms with Gasteiger partial charge in [-0.05, 0) is 30.7 Å². The third kappa shape index (κ3) is 4.42. The van der Waals surface area contributed by atoms with Crippen LogP contribution < -0.4 is 29.3 Å². The van der Waals surface area contributed by atoms with Crippen molar-refractivity contribution in [3.8, 4) is 11.5 Å². The molecule has 0 aliphatic carbocycles. The van der Waals surface area contributed by atoms with E-state index in [1.807, 2.05) is 67.5 Å². The Morgan fingerprint density at radius 2 is 1.92 bits per heavy atom. The smallest absolute Gasteiger partial charge is 0.338 e. The van der Waals surface area contributed by atoms with E-state index in [4.69, 9.17) is 23.6 Å². The number of hydrogen-bond acceptors (Lipinski definition) is 9. The fraction of sp³-hybridized carbons (Fsp3) is 0.207. The van der Waals surface area contributed by atoms with Gasteiger partial charge in [0, 0.05) is 31.8 Å². The van der Waals surface area contributed by atoms with Crippen molar-refractivity contribution in [2.45, 2.75) is 13.0 Å². The molecule has 0 radical (unpaired) electrons. The highest BCUT2D eigenvalue weighted by Crippen LogP contribution is 2.40. The molecule has 2 aromatic heterocycles. The van der Waals surface area contributed by atoms with Gasteiger partial charge in [0.1, 0.15) is 5.76 Å². The molecule has 0 fully saturated rings. The molecule has 0 spiro atoms. The molecule has 0 saturated heterocycles. The summed E-state index contributed by atoms with van der Waals surface area (Å²) in [7, 11) is 3.76. The normalized spacial score (nSPS) is 16.2. The average molecular weight is 544 g/mol. The Balaban J connectivity index is 1.62. The first-order chi connectivity index (χ1) is 18.9. The molecule has 6 rings (SSSR count). The highest BCUT2D eigenvalue weighted by Gasteiger charge is 2.36. The van der Waals surface area contributed by atoms with E-state index >= 15 is 0 Å². The minimum absolute atomic E-state index is 0.107. The summed E-state index contributed by atoms with van der Waals surface area (Å²) in [4.78, 5) is 34.6. The van der Waals surface area contributed by atoms with E-state index in [9.17, 15) is 9.59 Å². The van der Waals surface area contributed by atoms with Crippen LogP contribution in [0.2, 0.25) is 0 Å². The molecule has 0 amide bonds. The second kappa shape index (κ2) is 9.95. The van der Waals surface area contributed by atoms with Gasteiger partial charge in [-0.1, -0.05) is 47.7 Å². The zero-order valence-corrected chi connectivity index (χ0v) is 22.4. The average Bonchev–Trinajstić information content (AvgIpc) is 3.68. The fourth-order valence-corrected chi connectivity index (χ4v) is 5.61. The van der Waals surface area contributed by atoms with Crippen molar-refractivity contribution >= 4 is 35.0 Å². The Hall–Kier alpha value is -4.57. The lowest BCUT2D eigenvalue weighted by molar-refractivity contribution is -0.138. The SMILES string of the molecule is CCOC(=O)C1=C(c2ccccc2)N=c2sc(=Cc3ccc(N(C)C)o3)c(=O)n2[C@@H]1c1ccc2c(c1)OCO2. The van der Waals surface area contributed by atoms with Crippen LogP contribution in [0.4, 0.5) is 5.88 Å². The molecule has 2 aliphatic rings. The quantitative estimate of drug-likeness (QED) is 0.344. The van der Waals surface area contributed by atoms with Crippen molar-refractivity contribution in [2.24, 2.45) is 4.99 Å². The predicted molar refractivity (Wildman–Crippen MR) is 147 cm³/mol. The lowest BCUT2D eigenvalue weighted by Gasteiger charge is -2.26. The number of nitrogens with zero attached hydrogens (tertiary/aromatic N) is 3. The van der Waals surface area contributed by atoms with Crippen molar-refractivity contribution in [1.82, 2.24) is 4.57 Å². The van der Waals surface area contributed by atoms with E-state index < -0.39 is 12.0 Å². The molecule has 0 unspecified atom stereocenters. The fourth-order valence-electron chi connectivity index (χ4n) is 4.63. The monoisotopic (exact) mass is 543 g/mol. The summed E-state index contributed by atoms with van der Waals surface area (Å²) in [6.45, 7) is 2.03. The molecule has 0 saturated carbocycles. The Morgan fingerprint density at radius 3 is 2.67 bits per heavy atom. The second-order valence-corrected chi connectivity index (χ2v) is 10.1. The zero-order chi connectivity index (χ0) is 27.1. The summed E-state index contributed by atoms with van der Waals surface area (Å²) >= 11 is 1.24. The maximum Gasteiger partial charge on any atom is 0.338 e. The molecule has 0 bridgehead atoms. The minimum Gasteiger partial charge on any atom is -0.463 e. The van der Waals surface area contributed by atoms with Gasteiger partial charge in [-0.2, -0.15) is 0 Å². The molecule has 1 atom stereocenters. The number of carbonyl (C=O) groups excluding carboxylic acids is 1. The molecule has 39 heavy (non-hydrogen) atoms. The van der Waals surface area contributed by atoms with Crippen molar-refractivity contribution < 1.29 is 23.4 Å². The molecule has 2 aliphatic heterocycles. The van der Waals surface area contributed by atoms with Crippen LogP contribution in [-0.4, -0.2) is 38.0 Å². The third-order valence-corrected chi connectivity index (χ3v) is 7.40. The number of fused-ring (bicyclic) bond motifs is 2. The number of rotatable bonds is 6. The molecule has 0 N–H and O–H groups in total. The summed E-state index contributed by atoms with van der Waals surface area (Å²) in [5.41, 5.74) is 1.85. The number of furan rings is 1. The highest BCUT2D eigenvalue weighted by molar-refractivity contribution is 7.07. The van der Waals surface area contributed by atoms with Crippen molar-refractivity contribution in [2.75, 3.05) is 32.4 Å². The Kier molecular flexibility index (Phi) is 6.32. The van der Waals surface area contributed by atoms with Gasteiger partial charge < -0.3 is 23.5 Å². The number of anilines is 1. The van der Waals surface area contributed by atoms with Gasteiger partial charge in [0.25, 0.3) is 5.56 Å². The van der Waals surface area contributed by atoms with Gasteiger partial charge in [0.05, 0.1) is 28.5 Å². The van der Waals surface area contributed by atoms with E-state index in [2.05, 4.69) is 0 Å². The molecule has 198 valence electrons. The van der Waals surface area contributed by atoms with Gasteiger partial charge in [0.15, 0.2) is 22.2 Å². The summed E-state index contributed by atoms with van der Waals surface area (Å²) in [5, 5.41) is 0. The number of ether oxygens (including phenoxy) is 3. The van der Waals surface area contributed by atoms with Crippen LogP contribution in [0.1, 0.15) is 29.9 Å². The van der Waals surface area contributed by atoms with Gasteiger partial charge in [-0.3, -0.25) is 9.36 Å². The molecule has 4 aromatic rings. The van der Waals surface area contributed by atoms with E-state index in [1.165, 1.54) is 11.3 Å². The van der Waals surface area contributed by atoms with E-state index in [0.29, 0.717) is 43.7 Å². The van der Waals surface area contributed by atoms with Crippen molar-refractivity contribution in [3.05, 3.63) is 103 Å². The number of hydrogen-bond donors (Lipinski definition) is 0. The van der Waals surface area contributed by atoms with Crippen LogP contribution in [0.3, 0.4) is 0 Å². The first-order valence-corrected chi connectivity index (χ1v) is 13.2. The summed E-state index contributed by atoms with van der Waals surface area (Å²) < 4.78 is 24.5. The Labute approximate surface area is 227 Å². The van der Waals surface area contributed by atoms with Crippen LogP contribution in [0.25, 0.3) is 11.8 Å². The van der Waals surface area contributed by atoms with Crippen molar-refractivity contribution in [1.29, 1.82) is 0 Å².